The minimum Gasteiger partial charge on any atom is -0.303 e. The Morgan fingerprint density at radius 3 is 2.21 bits per heavy atom. The SMILES string of the molecule is [B][C@H]1N[C@H]1S(=O)(=O)c1ccc(Br)cc1. The van der Waals surface area contributed by atoms with Crippen LogP contribution in [0.25, 0.3) is 0 Å². The van der Waals surface area contributed by atoms with Gasteiger partial charge in [0, 0.05) is 4.47 Å². The van der Waals surface area contributed by atoms with Crippen molar-refractivity contribution in [2.24, 2.45) is 0 Å². The summed E-state index contributed by atoms with van der Waals surface area (Å²) in [5.74, 6) is -0.427. The van der Waals surface area contributed by atoms with E-state index in [0.29, 0.717) is 4.90 Å². The van der Waals surface area contributed by atoms with E-state index in [4.69, 9.17) is 7.85 Å². The number of hydrogen-bond donors (Lipinski definition) is 1. The van der Waals surface area contributed by atoms with Gasteiger partial charge < -0.3 is 5.32 Å². The zero-order chi connectivity index (χ0) is 10.3. The lowest BCUT2D eigenvalue weighted by Gasteiger charge is -2.01. The van der Waals surface area contributed by atoms with Gasteiger partial charge in [0.05, 0.1) is 12.7 Å². The summed E-state index contributed by atoms with van der Waals surface area (Å²) in [7, 11) is 2.13. The van der Waals surface area contributed by atoms with Crippen molar-refractivity contribution in [1.82, 2.24) is 5.32 Å². The molecule has 0 aromatic heterocycles. The molecule has 0 amide bonds. The Kier molecular flexibility index (Phi) is 2.45. The van der Waals surface area contributed by atoms with Crippen molar-refractivity contribution >= 4 is 33.6 Å². The molecule has 1 heterocycles. The quantitative estimate of drug-likeness (QED) is 0.635. The number of benzene rings is 1. The number of nitrogens with one attached hydrogen (secondary N) is 1. The van der Waals surface area contributed by atoms with E-state index in [2.05, 4.69) is 21.2 Å². The summed E-state index contributed by atoms with van der Waals surface area (Å²) < 4.78 is 24.4. The first-order chi connectivity index (χ1) is 6.51. The van der Waals surface area contributed by atoms with Crippen LogP contribution in [0.5, 0.6) is 0 Å². The average molecular weight is 272 g/mol. The van der Waals surface area contributed by atoms with Gasteiger partial charge >= 0.3 is 0 Å². The summed E-state index contributed by atoms with van der Waals surface area (Å²) in [6.07, 6.45) is 0. The summed E-state index contributed by atoms with van der Waals surface area (Å²) in [4.78, 5) is 0.297. The fourth-order valence-electron chi connectivity index (χ4n) is 1.19. The summed E-state index contributed by atoms with van der Waals surface area (Å²) >= 11 is 3.24. The molecule has 1 aromatic carbocycles. The highest BCUT2D eigenvalue weighted by molar-refractivity contribution is 9.10. The van der Waals surface area contributed by atoms with Crippen LogP contribution in [0.15, 0.2) is 33.6 Å². The summed E-state index contributed by atoms with van der Waals surface area (Å²) in [6.45, 7) is 0. The van der Waals surface area contributed by atoms with Crippen LogP contribution in [-0.2, 0) is 9.84 Å². The van der Waals surface area contributed by atoms with E-state index >= 15 is 0 Å². The van der Waals surface area contributed by atoms with Gasteiger partial charge in [-0.3, -0.25) is 0 Å². The molecule has 3 nitrogen and oxygen atoms in total. The van der Waals surface area contributed by atoms with Crippen LogP contribution in [0.3, 0.4) is 0 Å². The second kappa shape index (κ2) is 3.36. The molecule has 2 atom stereocenters. The van der Waals surface area contributed by atoms with Gasteiger partial charge in [-0.25, -0.2) is 8.42 Å². The molecular weight excluding hydrogens is 265 g/mol. The lowest BCUT2D eigenvalue weighted by Crippen LogP contribution is -2.12. The molecule has 6 heteroatoms. The van der Waals surface area contributed by atoms with E-state index in [1.54, 1.807) is 24.3 Å². The molecule has 14 heavy (non-hydrogen) atoms. The van der Waals surface area contributed by atoms with Crippen molar-refractivity contribution in [3.05, 3.63) is 28.7 Å². The van der Waals surface area contributed by atoms with E-state index in [0.717, 1.165) is 4.47 Å². The van der Waals surface area contributed by atoms with Gasteiger partial charge in [-0.2, -0.15) is 0 Å². The summed E-state index contributed by atoms with van der Waals surface area (Å²) in [5, 5.41) is 2.04. The van der Waals surface area contributed by atoms with Crippen LogP contribution in [0.1, 0.15) is 0 Å². The molecule has 0 spiro atoms. The Morgan fingerprint density at radius 2 is 1.79 bits per heavy atom. The van der Waals surface area contributed by atoms with Crippen LogP contribution in [0.2, 0.25) is 0 Å². The third-order valence-electron chi connectivity index (χ3n) is 2.05. The van der Waals surface area contributed by atoms with Crippen LogP contribution in [-0.4, -0.2) is 27.6 Å². The van der Waals surface area contributed by atoms with Crippen molar-refractivity contribution in [3.8, 4) is 0 Å². The Morgan fingerprint density at radius 1 is 1.29 bits per heavy atom. The first-order valence-corrected chi connectivity index (χ1v) is 6.37. The van der Waals surface area contributed by atoms with E-state index < -0.39 is 21.2 Å². The van der Waals surface area contributed by atoms with Crippen LogP contribution in [0, 0.1) is 0 Å². The zero-order valence-electron chi connectivity index (χ0n) is 7.14. The van der Waals surface area contributed by atoms with Crippen molar-refractivity contribution < 1.29 is 8.42 Å². The topological polar surface area (TPSA) is 56.1 Å². The molecule has 0 saturated carbocycles. The molecule has 1 fully saturated rings. The minimum absolute atomic E-state index is 0.297. The zero-order valence-corrected chi connectivity index (χ0v) is 9.55. The van der Waals surface area contributed by atoms with Gasteiger partial charge in [-0.1, -0.05) is 15.9 Å². The monoisotopic (exact) mass is 271 g/mol. The highest BCUT2D eigenvalue weighted by Crippen LogP contribution is 2.24. The standard InChI is InChI=1S/C8H7BBrNO2S/c9-7-8(11-7)14(12,13)6-3-1-5(10)2-4-6/h1-4,7-8,11H/t7-,8-/m0/s1. The van der Waals surface area contributed by atoms with E-state index in [-0.39, 0.29) is 0 Å². The highest BCUT2D eigenvalue weighted by Gasteiger charge is 2.43. The van der Waals surface area contributed by atoms with Crippen molar-refractivity contribution in [2.75, 3.05) is 0 Å². The molecule has 0 aliphatic carbocycles. The lowest BCUT2D eigenvalue weighted by atomic mass is 10.1. The van der Waals surface area contributed by atoms with Crippen LogP contribution >= 0.6 is 15.9 Å². The maximum Gasteiger partial charge on any atom is 0.194 e. The fraction of sp³-hybridized carbons (Fsp3) is 0.250. The predicted octanol–water partition coefficient (Wildman–Crippen LogP) is 0.647. The largest absolute Gasteiger partial charge is 0.303 e. The average Bonchev–Trinajstić information content (AvgIpc) is 2.84. The van der Waals surface area contributed by atoms with Crippen LogP contribution in [0.4, 0.5) is 0 Å². The maximum atomic E-state index is 11.8. The second-order valence-electron chi connectivity index (χ2n) is 3.11. The maximum absolute atomic E-state index is 11.8. The summed E-state index contributed by atoms with van der Waals surface area (Å²) in [6, 6.07) is 6.51. The summed E-state index contributed by atoms with van der Waals surface area (Å²) in [5.41, 5.74) is 0. The third kappa shape index (κ3) is 1.74. The molecule has 72 valence electrons. The van der Waals surface area contributed by atoms with Gasteiger partial charge in [0.25, 0.3) is 0 Å². The lowest BCUT2D eigenvalue weighted by molar-refractivity contribution is 0.594. The molecule has 1 aliphatic rings. The molecule has 1 aliphatic heterocycles. The van der Waals surface area contributed by atoms with Gasteiger partial charge in [0.2, 0.25) is 0 Å². The Labute approximate surface area is 92.4 Å². The number of hydrogen-bond acceptors (Lipinski definition) is 3. The molecule has 2 rings (SSSR count). The highest BCUT2D eigenvalue weighted by atomic mass is 79.9. The normalized spacial score (nSPS) is 26.1. The van der Waals surface area contributed by atoms with Gasteiger partial charge in [0.1, 0.15) is 5.37 Å². The van der Waals surface area contributed by atoms with E-state index in [1.807, 2.05) is 0 Å². The van der Waals surface area contributed by atoms with Crippen LogP contribution < -0.4 is 5.32 Å². The fourth-order valence-corrected chi connectivity index (χ4v) is 2.98. The second-order valence-corrected chi connectivity index (χ2v) is 6.10. The molecule has 0 unspecified atom stereocenters. The van der Waals surface area contributed by atoms with Crippen molar-refractivity contribution in [1.29, 1.82) is 0 Å². The first-order valence-electron chi connectivity index (χ1n) is 4.03. The molecule has 1 N–H and O–H groups in total. The molecule has 1 aromatic rings. The van der Waals surface area contributed by atoms with Crippen molar-refractivity contribution in [3.63, 3.8) is 0 Å². The van der Waals surface area contributed by atoms with Gasteiger partial charge in [-0.15, -0.1) is 0 Å². The third-order valence-corrected chi connectivity index (χ3v) is 4.61. The predicted molar refractivity (Wildman–Crippen MR) is 57.8 cm³/mol. The van der Waals surface area contributed by atoms with Gasteiger partial charge in [0.15, 0.2) is 9.84 Å². The molecule has 0 bridgehead atoms. The Hall–Kier alpha value is -0.325. The van der Waals surface area contributed by atoms with Gasteiger partial charge in [-0.05, 0) is 30.2 Å². The molecule has 1 saturated heterocycles. The Bertz CT molecular complexity index is 445. The molecule has 2 radical (unpaired) electrons. The van der Waals surface area contributed by atoms with Crippen molar-refractivity contribution in [2.45, 2.75) is 16.2 Å². The number of rotatable bonds is 2. The number of halogens is 1. The van der Waals surface area contributed by atoms with E-state index in [1.165, 1.54) is 0 Å². The number of sulfone groups is 1. The van der Waals surface area contributed by atoms with E-state index in [9.17, 15) is 8.42 Å². The minimum atomic E-state index is -3.29. The first kappa shape index (κ1) is 10.2. The molecular formula is C8H7BBrNO2S. The smallest absolute Gasteiger partial charge is 0.194 e. The Balaban J connectivity index is 2.35.